The average molecular weight is 326 g/mol. The minimum Gasteiger partial charge on any atom is -0.348 e. The summed E-state index contributed by atoms with van der Waals surface area (Å²) in [6.07, 6.45) is 0.878. The van der Waals surface area contributed by atoms with Crippen LogP contribution in [0.1, 0.15) is 61.9 Å². The van der Waals surface area contributed by atoms with E-state index in [0.29, 0.717) is 23.3 Å². The van der Waals surface area contributed by atoms with Crippen molar-refractivity contribution >= 4 is 17.4 Å². The van der Waals surface area contributed by atoms with Crippen LogP contribution in [0.25, 0.3) is 0 Å². The zero-order chi connectivity index (χ0) is 17.7. The molecule has 0 radical (unpaired) electrons. The molecule has 0 saturated heterocycles. The average Bonchev–Trinajstić information content (AvgIpc) is 2.54. The highest BCUT2D eigenvalue weighted by atomic mass is 16.1. The number of hydrogen-bond donors (Lipinski definition) is 2. The summed E-state index contributed by atoms with van der Waals surface area (Å²) in [5.41, 5.74) is 2.59. The van der Waals surface area contributed by atoms with Crippen LogP contribution in [-0.2, 0) is 0 Å². The molecule has 0 spiro atoms. The van der Waals surface area contributed by atoms with Gasteiger partial charge in [-0.3, -0.25) is 4.79 Å². The first-order chi connectivity index (χ1) is 11.4. The van der Waals surface area contributed by atoms with Gasteiger partial charge in [0.1, 0.15) is 17.3 Å². The van der Waals surface area contributed by atoms with Gasteiger partial charge in [-0.15, -0.1) is 0 Å². The van der Waals surface area contributed by atoms with Gasteiger partial charge in [0.2, 0.25) is 0 Å². The predicted molar refractivity (Wildman–Crippen MR) is 97.8 cm³/mol. The monoisotopic (exact) mass is 326 g/mol. The van der Waals surface area contributed by atoms with E-state index in [9.17, 15) is 4.79 Å². The molecule has 0 aliphatic rings. The Morgan fingerprint density at radius 1 is 1.17 bits per heavy atom. The van der Waals surface area contributed by atoms with Crippen molar-refractivity contribution in [2.75, 3.05) is 5.32 Å². The topological polar surface area (TPSA) is 66.9 Å². The third kappa shape index (κ3) is 4.54. The summed E-state index contributed by atoms with van der Waals surface area (Å²) in [7, 11) is 0. The Morgan fingerprint density at radius 3 is 2.54 bits per heavy atom. The van der Waals surface area contributed by atoms with E-state index in [1.807, 2.05) is 32.0 Å². The van der Waals surface area contributed by atoms with Crippen molar-refractivity contribution in [2.45, 2.75) is 53.0 Å². The van der Waals surface area contributed by atoms with Crippen LogP contribution in [0, 0.1) is 6.92 Å². The summed E-state index contributed by atoms with van der Waals surface area (Å²) in [6.45, 7) is 10.1. The van der Waals surface area contributed by atoms with Crippen LogP contribution < -0.4 is 10.6 Å². The number of carbonyl (C=O) groups excluding carboxylic acids is 1. The maximum atomic E-state index is 12.3. The van der Waals surface area contributed by atoms with Gasteiger partial charge in [-0.2, -0.15) is 0 Å². The lowest BCUT2D eigenvalue weighted by molar-refractivity contribution is 0.0934. The van der Waals surface area contributed by atoms with Gasteiger partial charge in [0.05, 0.1) is 0 Å². The Morgan fingerprint density at radius 2 is 1.88 bits per heavy atom. The number of aryl methyl sites for hydroxylation is 1. The molecule has 0 fully saturated rings. The molecule has 5 nitrogen and oxygen atoms in total. The van der Waals surface area contributed by atoms with Crippen LogP contribution in [0.15, 0.2) is 30.3 Å². The van der Waals surface area contributed by atoms with Crippen molar-refractivity contribution in [2.24, 2.45) is 0 Å². The molecule has 5 heteroatoms. The molecule has 2 rings (SSSR count). The summed E-state index contributed by atoms with van der Waals surface area (Å²) in [4.78, 5) is 21.0. The molecule has 2 N–H and O–H groups in total. The number of benzene rings is 1. The Labute approximate surface area is 143 Å². The fourth-order valence-electron chi connectivity index (χ4n) is 2.40. The number of amides is 1. The van der Waals surface area contributed by atoms with Crippen molar-refractivity contribution in [3.05, 3.63) is 47.4 Å². The summed E-state index contributed by atoms with van der Waals surface area (Å²) >= 11 is 0. The van der Waals surface area contributed by atoms with Crippen LogP contribution in [0.3, 0.4) is 0 Å². The Balaban J connectivity index is 2.28. The van der Waals surface area contributed by atoms with E-state index in [2.05, 4.69) is 40.5 Å². The second-order valence-electron chi connectivity index (χ2n) is 6.34. The van der Waals surface area contributed by atoms with Crippen molar-refractivity contribution in [1.29, 1.82) is 0 Å². The first kappa shape index (κ1) is 17.9. The highest BCUT2D eigenvalue weighted by Gasteiger charge is 2.13. The number of anilines is 2. The lowest BCUT2D eigenvalue weighted by Gasteiger charge is -2.15. The smallest absolute Gasteiger partial charge is 0.270 e. The molecule has 0 aliphatic carbocycles. The zero-order valence-electron chi connectivity index (χ0n) is 15.1. The number of para-hydroxylation sites is 1. The van der Waals surface area contributed by atoms with E-state index in [0.717, 1.165) is 12.1 Å². The van der Waals surface area contributed by atoms with Gasteiger partial charge in [-0.05, 0) is 37.8 Å². The molecule has 128 valence electrons. The number of rotatable bonds is 6. The molecule has 1 atom stereocenters. The Bertz CT molecular complexity index is 712. The van der Waals surface area contributed by atoms with E-state index in [1.165, 1.54) is 5.56 Å². The molecule has 1 aromatic heterocycles. The van der Waals surface area contributed by atoms with E-state index < -0.39 is 0 Å². The summed E-state index contributed by atoms with van der Waals surface area (Å²) < 4.78 is 0. The van der Waals surface area contributed by atoms with E-state index in [1.54, 1.807) is 13.0 Å². The van der Waals surface area contributed by atoms with Gasteiger partial charge in [0.15, 0.2) is 0 Å². The van der Waals surface area contributed by atoms with Gasteiger partial charge in [0.25, 0.3) is 5.91 Å². The molecule has 1 aromatic carbocycles. The first-order valence-electron chi connectivity index (χ1n) is 8.43. The number of hydrogen-bond acceptors (Lipinski definition) is 4. The number of nitrogens with zero attached hydrogens (tertiary/aromatic N) is 2. The highest BCUT2D eigenvalue weighted by Crippen LogP contribution is 2.26. The third-order valence-electron chi connectivity index (χ3n) is 3.91. The highest BCUT2D eigenvalue weighted by molar-refractivity contribution is 5.93. The number of carbonyl (C=O) groups is 1. The van der Waals surface area contributed by atoms with Crippen LogP contribution in [-0.4, -0.2) is 21.9 Å². The molecule has 1 amide bonds. The lowest BCUT2D eigenvalue weighted by atomic mass is 10.0. The number of nitrogens with one attached hydrogen (secondary N) is 2. The molecule has 0 saturated carbocycles. The molecule has 2 aromatic rings. The molecule has 0 aliphatic heterocycles. The van der Waals surface area contributed by atoms with Gasteiger partial charge in [-0.1, -0.05) is 39.0 Å². The largest absolute Gasteiger partial charge is 0.348 e. The zero-order valence-corrected chi connectivity index (χ0v) is 15.1. The van der Waals surface area contributed by atoms with Crippen LogP contribution in [0.4, 0.5) is 11.5 Å². The minimum absolute atomic E-state index is 0.117. The second kappa shape index (κ2) is 7.90. The third-order valence-corrected chi connectivity index (χ3v) is 3.91. The molecular formula is C19H26N4O. The molecule has 0 bridgehead atoms. The first-order valence-corrected chi connectivity index (χ1v) is 8.43. The van der Waals surface area contributed by atoms with E-state index in [4.69, 9.17) is 0 Å². The maximum absolute atomic E-state index is 12.3. The van der Waals surface area contributed by atoms with Crippen LogP contribution in [0.2, 0.25) is 0 Å². The fraction of sp³-hybridized carbons (Fsp3) is 0.421. The van der Waals surface area contributed by atoms with Crippen LogP contribution in [0.5, 0.6) is 0 Å². The maximum Gasteiger partial charge on any atom is 0.270 e. The fourth-order valence-corrected chi connectivity index (χ4v) is 2.40. The standard InChI is InChI=1S/C19H26N4O/c1-6-13(4)20-19(24)17-11-18(22-14(5)21-17)23-16-10-8-7-9-15(16)12(2)3/h7-13H,6H2,1-5H3,(H,20,24)(H,21,22,23). The number of aromatic nitrogens is 2. The van der Waals surface area contributed by atoms with Crippen LogP contribution >= 0.6 is 0 Å². The van der Waals surface area contributed by atoms with Crippen molar-refractivity contribution < 1.29 is 4.79 Å². The van der Waals surface area contributed by atoms with Crippen molar-refractivity contribution in [1.82, 2.24) is 15.3 Å². The van der Waals surface area contributed by atoms with E-state index in [-0.39, 0.29) is 11.9 Å². The minimum atomic E-state index is -0.171. The van der Waals surface area contributed by atoms with Gasteiger partial charge in [0, 0.05) is 17.8 Å². The van der Waals surface area contributed by atoms with E-state index >= 15 is 0 Å². The molecular weight excluding hydrogens is 300 g/mol. The SMILES string of the molecule is CCC(C)NC(=O)c1cc(Nc2ccccc2C(C)C)nc(C)n1. The van der Waals surface area contributed by atoms with Gasteiger partial charge in [-0.25, -0.2) is 9.97 Å². The molecule has 1 heterocycles. The van der Waals surface area contributed by atoms with Crippen molar-refractivity contribution in [3.63, 3.8) is 0 Å². The predicted octanol–water partition coefficient (Wildman–Crippen LogP) is 4.18. The van der Waals surface area contributed by atoms with Crippen molar-refractivity contribution in [3.8, 4) is 0 Å². The summed E-state index contributed by atoms with van der Waals surface area (Å²) in [5, 5.41) is 6.26. The summed E-state index contributed by atoms with van der Waals surface area (Å²) in [6, 6.07) is 9.94. The van der Waals surface area contributed by atoms with Gasteiger partial charge >= 0.3 is 0 Å². The Hall–Kier alpha value is -2.43. The quantitative estimate of drug-likeness (QED) is 0.835. The summed E-state index contributed by atoms with van der Waals surface area (Å²) in [5.74, 6) is 1.42. The van der Waals surface area contributed by atoms with Gasteiger partial charge < -0.3 is 10.6 Å². The lowest BCUT2D eigenvalue weighted by Crippen LogP contribution is -2.32. The molecule has 1 unspecified atom stereocenters. The Kier molecular flexibility index (Phi) is 5.90. The second-order valence-corrected chi connectivity index (χ2v) is 6.34. The molecule has 24 heavy (non-hydrogen) atoms. The normalized spacial score (nSPS) is 12.1.